The Hall–Kier alpha value is -0.0800. The predicted molar refractivity (Wildman–Crippen MR) is 74.3 cm³/mol. The first-order chi connectivity index (χ1) is 8.31. The van der Waals surface area contributed by atoms with Crippen LogP contribution in [0.1, 0.15) is 71.6 Å². The molecule has 0 aliphatic rings. The van der Waals surface area contributed by atoms with E-state index in [-0.39, 0.29) is 0 Å². The molecule has 0 fully saturated rings. The Balaban J connectivity index is 2.98. The van der Waals surface area contributed by atoms with E-state index in [2.05, 4.69) is 13.8 Å². The highest BCUT2D eigenvalue weighted by Gasteiger charge is 1.99. The average Bonchev–Trinajstić information content (AvgIpc) is 2.32. The Morgan fingerprint density at radius 1 is 0.941 bits per heavy atom. The normalized spacial score (nSPS) is 12.9. The fourth-order valence-corrected chi connectivity index (χ4v) is 2.06. The predicted octanol–water partition coefficient (Wildman–Crippen LogP) is 4.16. The summed E-state index contributed by atoms with van der Waals surface area (Å²) in [5.74, 6) is 0.721. The third-order valence-electron chi connectivity index (χ3n) is 3.13. The summed E-state index contributed by atoms with van der Waals surface area (Å²) in [7, 11) is 0. The van der Waals surface area contributed by atoms with Gasteiger partial charge in [0.2, 0.25) is 0 Å². The molecule has 0 aliphatic carbocycles. The first-order valence-electron chi connectivity index (χ1n) is 7.49. The van der Waals surface area contributed by atoms with E-state index in [0.717, 1.165) is 25.6 Å². The van der Waals surface area contributed by atoms with Gasteiger partial charge in [-0.25, -0.2) is 0 Å². The zero-order chi connectivity index (χ0) is 12.8. The molecule has 0 amide bonds. The lowest BCUT2D eigenvalue weighted by atomic mass is 10.1. The minimum atomic E-state index is 0.351. The first kappa shape index (κ1) is 16.9. The molecule has 0 aliphatic heterocycles. The lowest BCUT2D eigenvalue weighted by molar-refractivity contribution is 0.0983. The van der Waals surface area contributed by atoms with Crippen molar-refractivity contribution in [3.05, 3.63) is 0 Å². The summed E-state index contributed by atoms with van der Waals surface area (Å²) in [5.41, 5.74) is 0. The van der Waals surface area contributed by atoms with Crippen molar-refractivity contribution in [1.82, 2.24) is 0 Å². The van der Waals surface area contributed by atoms with Crippen molar-refractivity contribution in [2.24, 2.45) is 5.92 Å². The molecular weight excluding hydrogens is 212 g/mol. The van der Waals surface area contributed by atoms with Crippen LogP contribution in [-0.2, 0) is 4.74 Å². The molecular formula is C15H32O2. The number of hydrogen-bond acceptors (Lipinski definition) is 2. The number of ether oxygens (including phenoxy) is 1. The van der Waals surface area contributed by atoms with Crippen molar-refractivity contribution < 1.29 is 9.84 Å². The molecule has 0 radical (unpaired) electrons. The molecule has 17 heavy (non-hydrogen) atoms. The van der Waals surface area contributed by atoms with Gasteiger partial charge in [-0.15, -0.1) is 0 Å². The molecule has 0 aromatic heterocycles. The summed E-state index contributed by atoms with van der Waals surface area (Å²) in [6, 6.07) is 0. The molecule has 0 aromatic rings. The van der Waals surface area contributed by atoms with Crippen LogP contribution in [0.15, 0.2) is 0 Å². The molecule has 0 rings (SSSR count). The number of aliphatic hydroxyl groups is 1. The molecule has 2 heteroatoms. The Bertz CT molecular complexity index is 137. The summed E-state index contributed by atoms with van der Waals surface area (Å²) < 4.78 is 5.66. The number of rotatable bonds is 13. The molecule has 0 heterocycles. The standard InChI is InChI=1S/C15H32O2/c1-3-11-15(2)14-17-13-10-8-6-4-5-7-9-12-16/h15-16H,3-14H2,1-2H3. The van der Waals surface area contributed by atoms with Crippen LogP contribution in [0.3, 0.4) is 0 Å². The van der Waals surface area contributed by atoms with Crippen LogP contribution in [0.5, 0.6) is 0 Å². The molecule has 1 N–H and O–H groups in total. The van der Waals surface area contributed by atoms with Crippen molar-refractivity contribution in [3.63, 3.8) is 0 Å². The highest BCUT2D eigenvalue weighted by Crippen LogP contribution is 2.08. The summed E-state index contributed by atoms with van der Waals surface area (Å²) in [5, 5.41) is 8.63. The van der Waals surface area contributed by atoms with Crippen LogP contribution in [-0.4, -0.2) is 24.9 Å². The maximum Gasteiger partial charge on any atom is 0.0491 e. The smallest absolute Gasteiger partial charge is 0.0491 e. The topological polar surface area (TPSA) is 29.5 Å². The van der Waals surface area contributed by atoms with Crippen LogP contribution >= 0.6 is 0 Å². The monoisotopic (exact) mass is 244 g/mol. The van der Waals surface area contributed by atoms with Crippen LogP contribution in [0, 0.1) is 5.92 Å². The van der Waals surface area contributed by atoms with Gasteiger partial charge in [0.1, 0.15) is 0 Å². The van der Waals surface area contributed by atoms with Gasteiger partial charge in [0.25, 0.3) is 0 Å². The lowest BCUT2D eigenvalue weighted by Gasteiger charge is -2.10. The maximum absolute atomic E-state index is 8.63. The van der Waals surface area contributed by atoms with Crippen LogP contribution in [0.2, 0.25) is 0 Å². The summed E-state index contributed by atoms with van der Waals surface area (Å²) >= 11 is 0. The number of unbranched alkanes of at least 4 members (excludes halogenated alkanes) is 6. The average molecular weight is 244 g/mol. The summed E-state index contributed by atoms with van der Waals surface area (Å²) in [6.45, 7) is 6.72. The van der Waals surface area contributed by atoms with E-state index in [1.807, 2.05) is 0 Å². The number of hydrogen-bond donors (Lipinski definition) is 1. The van der Waals surface area contributed by atoms with Crippen molar-refractivity contribution >= 4 is 0 Å². The Morgan fingerprint density at radius 3 is 2.12 bits per heavy atom. The van der Waals surface area contributed by atoms with E-state index in [9.17, 15) is 0 Å². The Labute approximate surface area is 108 Å². The Morgan fingerprint density at radius 2 is 1.53 bits per heavy atom. The highest BCUT2D eigenvalue weighted by molar-refractivity contribution is 4.50. The highest BCUT2D eigenvalue weighted by atomic mass is 16.5. The van der Waals surface area contributed by atoms with E-state index in [4.69, 9.17) is 9.84 Å². The first-order valence-corrected chi connectivity index (χ1v) is 7.49. The van der Waals surface area contributed by atoms with Crippen LogP contribution in [0.25, 0.3) is 0 Å². The van der Waals surface area contributed by atoms with Crippen LogP contribution in [0.4, 0.5) is 0 Å². The summed E-state index contributed by atoms with van der Waals surface area (Å²) in [6.07, 6.45) is 11.1. The molecule has 0 aromatic carbocycles. The van der Waals surface area contributed by atoms with E-state index < -0.39 is 0 Å². The fraction of sp³-hybridized carbons (Fsp3) is 1.00. The molecule has 0 bridgehead atoms. The van der Waals surface area contributed by atoms with Gasteiger partial charge in [0, 0.05) is 19.8 Å². The maximum atomic E-state index is 8.63. The van der Waals surface area contributed by atoms with Gasteiger partial charge in [0.15, 0.2) is 0 Å². The third-order valence-corrected chi connectivity index (χ3v) is 3.13. The molecule has 1 atom stereocenters. The second kappa shape index (κ2) is 14.0. The minimum Gasteiger partial charge on any atom is -0.396 e. The molecule has 0 saturated carbocycles. The molecule has 0 saturated heterocycles. The molecule has 0 spiro atoms. The van der Waals surface area contributed by atoms with E-state index in [0.29, 0.717) is 6.61 Å². The van der Waals surface area contributed by atoms with Crippen LogP contribution < -0.4 is 0 Å². The van der Waals surface area contributed by atoms with Gasteiger partial charge in [-0.2, -0.15) is 0 Å². The molecule has 1 unspecified atom stereocenters. The number of aliphatic hydroxyl groups excluding tert-OH is 1. The van der Waals surface area contributed by atoms with Gasteiger partial charge in [0.05, 0.1) is 0 Å². The zero-order valence-corrected chi connectivity index (χ0v) is 11.9. The quantitative estimate of drug-likeness (QED) is 0.493. The van der Waals surface area contributed by atoms with E-state index in [1.54, 1.807) is 0 Å². The van der Waals surface area contributed by atoms with Gasteiger partial charge in [-0.3, -0.25) is 0 Å². The van der Waals surface area contributed by atoms with Gasteiger partial charge in [-0.05, 0) is 25.2 Å². The van der Waals surface area contributed by atoms with Crippen molar-refractivity contribution in [3.8, 4) is 0 Å². The largest absolute Gasteiger partial charge is 0.396 e. The van der Waals surface area contributed by atoms with Gasteiger partial charge < -0.3 is 9.84 Å². The van der Waals surface area contributed by atoms with Crippen molar-refractivity contribution in [1.29, 1.82) is 0 Å². The Kier molecular flexibility index (Phi) is 13.9. The molecule has 104 valence electrons. The second-order valence-electron chi connectivity index (χ2n) is 5.17. The van der Waals surface area contributed by atoms with Gasteiger partial charge in [-0.1, -0.05) is 52.4 Å². The minimum absolute atomic E-state index is 0.351. The summed E-state index contributed by atoms with van der Waals surface area (Å²) in [4.78, 5) is 0. The van der Waals surface area contributed by atoms with Gasteiger partial charge >= 0.3 is 0 Å². The lowest BCUT2D eigenvalue weighted by Crippen LogP contribution is -2.06. The second-order valence-corrected chi connectivity index (χ2v) is 5.17. The SMILES string of the molecule is CCCC(C)COCCCCCCCCCO. The van der Waals surface area contributed by atoms with Crippen molar-refractivity contribution in [2.75, 3.05) is 19.8 Å². The van der Waals surface area contributed by atoms with E-state index in [1.165, 1.54) is 51.4 Å². The van der Waals surface area contributed by atoms with E-state index >= 15 is 0 Å². The zero-order valence-electron chi connectivity index (χ0n) is 11.9. The third kappa shape index (κ3) is 13.9. The van der Waals surface area contributed by atoms with Crippen molar-refractivity contribution in [2.45, 2.75) is 71.6 Å². The fourth-order valence-electron chi connectivity index (χ4n) is 2.06. The molecule has 2 nitrogen and oxygen atoms in total.